The van der Waals surface area contributed by atoms with Crippen molar-refractivity contribution >= 4 is 17.7 Å². The molecule has 0 aliphatic carbocycles. The molecule has 5 heteroatoms. The van der Waals surface area contributed by atoms with Gasteiger partial charge in [0, 0.05) is 35.1 Å². The SMILES string of the molecule is CC(C)(C)c1cccc[n+]1CC1=CN2C(=O)[C@@H](N)[C@H]2SC1. The molecular weight excluding hydrogens is 282 g/mol. The number of nitrogens with two attached hydrogens (primary N) is 1. The third-order valence-corrected chi connectivity index (χ3v) is 5.36. The summed E-state index contributed by atoms with van der Waals surface area (Å²) in [7, 11) is 0. The molecule has 0 saturated carbocycles. The topological polar surface area (TPSA) is 50.2 Å². The van der Waals surface area contributed by atoms with Gasteiger partial charge in [0.05, 0.1) is 0 Å². The van der Waals surface area contributed by atoms with E-state index in [0.29, 0.717) is 0 Å². The number of hydrogen-bond acceptors (Lipinski definition) is 3. The Morgan fingerprint density at radius 2 is 2.19 bits per heavy atom. The molecule has 4 nitrogen and oxygen atoms in total. The van der Waals surface area contributed by atoms with Crippen LogP contribution in [0, 0.1) is 0 Å². The Morgan fingerprint density at radius 1 is 1.43 bits per heavy atom. The fourth-order valence-electron chi connectivity index (χ4n) is 2.86. The molecule has 3 rings (SSSR count). The number of pyridine rings is 1. The van der Waals surface area contributed by atoms with Crippen molar-refractivity contribution in [1.29, 1.82) is 0 Å². The predicted molar refractivity (Wildman–Crippen MR) is 84.5 cm³/mol. The quantitative estimate of drug-likeness (QED) is 0.664. The second kappa shape index (κ2) is 5.14. The molecule has 1 aromatic rings. The van der Waals surface area contributed by atoms with E-state index < -0.39 is 0 Å². The minimum Gasteiger partial charge on any atom is -0.317 e. The highest BCUT2D eigenvalue weighted by Gasteiger charge is 2.46. The zero-order valence-electron chi connectivity index (χ0n) is 12.7. The number of rotatable bonds is 2. The van der Waals surface area contributed by atoms with E-state index in [9.17, 15) is 4.79 Å². The maximum atomic E-state index is 11.8. The van der Waals surface area contributed by atoms with Gasteiger partial charge in [0.25, 0.3) is 0 Å². The lowest BCUT2D eigenvalue weighted by atomic mass is 9.91. The maximum Gasteiger partial charge on any atom is 0.247 e. The van der Waals surface area contributed by atoms with Crippen molar-refractivity contribution in [2.45, 2.75) is 44.1 Å². The van der Waals surface area contributed by atoms with E-state index in [1.54, 1.807) is 16.7 Å². The average molecular weight is 304 g/mol. The van der Waals surface area contributed by atoms with E-state index >= 15 is 0 Å². The Balaban J connectivity index is 1.82. The average Bonchev–Trinajstić information content (AvgIpc) is 2.46. The minimum atomic E-state index is -0.317. The van der Waals surface area contributed by atoms with Crippen LogP contribution < -0.4 is 10.3 Å². The van der Waals surface area contributed by atoms with Crippen LogP contribution in [0.25, 0.3) is 0 Å². The molecule has 1 saturated heterocycles. The van der Waals surface area contributed by atoms with E-state index in [4.69, 9.17) is 5.73 Å². The Bertz CT molecular complexity index is 606. The van der Waals surface area contributed by atoms with Crippen LogP contribution >= 0.6 is 11.8 Å². The first-order valence-electron chi connectivity index (χ1n) is 7.26. The fraction of sp³-hybridized carbons (Fsp3) is 0.500. The Labute approximate surface area is 130 Å². The van der Waals surface area contributed by atoms with Gasteiger partial charge in [-0.2, -0.15) is 4.57 Å². The monoisotopic (exact) mass is 304 g/mol. The number of carbonyl (C=O) groups excluding carboxylic acids is 1. The van der Waals surface area contributed by atoms with E-state index in [2.05, 4.69) is 49.7 Å². The lowest BCUT2D eigenvalue weighted by Crippen LogP contribution is -2.66. The molecule has 2 aliphatic heterocycles. The Hall–Kier alpha value is -1.33. The van der Waals surface area contributed by atoms with Crippen LogP contribution in [-0.4, -0.2) is 28.0 Å². The number of hydrogen-bond donors (Lipinski definition) is 1. The number of amides is 1. The molecule has 0 unspecified atom stereocenters. The predicted octanol–water partition coefficient (Wildman–Crippen LogP) is 1.40. The largest absolute Gasteiger partial charge is 0.317 e. The molecule has 2 atom stereocenters. The third-order valence-electron chi connectivity index (χ3n) is 3.96. The first-order chi connectivity index (χ1) is 9.88. The van der Waals surface area contributed by atoms with Crippen molar-refractivity contribution in [2.75, 3.05) is 5.75 Å². The number of fused-ring (bicyclic) bond motifs is 1. The number of β-lactam (4-membered cyclic amide) rings is 1. The van der Waals surface area contributed by atoms with Gasteiger partial charge in [0.2, 0.25) is 5.91 Å². The highest BCUT2D eigenvalue weighted by atomic mass is 32.2. The van der Waals surface area contributed by atoms with Crippen LogP contribution in [0.3, 0.4) is 0 Å². The molecular formula is C16H22N3OS+. The number of carbonyl (C=O) groups is 1. The summed E-state index contributed by atoms with van der Waals surface area (Å²) in [5.74, 6) is 0.979. The molecule has 0 aromatic carbocycles. The summed E-state index contributed by atoms with van der Waals surface area (Å²) in [5, 5.41) is 0.143. The van der Waals surface area contributed by atoms with Crippen LogP contribution in [0.2, 0.25) is 0 Å². The summed E-state index contributed by atoms with van der Waals surface area (Å²) in [5.41, 5.74) is 8.47. The van der Waals surface area contributed by atoms with E-state index in [1.165, 1.54) is 11.3 Å². The number of nitrogens with zero attached hydrogens (tertiary/aromatic N) is 2. The maximum absolute atomic E-state index is 11.8. The summed E-state index contributed by atoms with van der Waals surface area (Å²) in [6, 6.07) is 5.99. The molecule has 2 aliphatic rings. The fourth-order valence-corrected chi connectivity index (χ4v) is 4.06. The van der Waals surface area contributed by atoms with Gasteiger partial charge in [-0.05, 0) is 0 Å². The second-order valence-electron chi connectivity index (χ2n) is 6.72. The molecule has 1 amide bonds. The molecule has 21 heavy (non-hydrogen) atoms. The van der Waals surface area contributed by atoms with Gasteiger partial charge in [0.15, 0.2) is 18.4 Å². The molecule has 1 fully saturated rings. The molecule has 0 bridgehead atoms. The van der Waals surface area contributed by atoms with Gasteiger partial charge in [0.1, 0.15) is 11.4 Å². The highest BCUT2D eigenvalue weighted by molar-refractivity contribution is 8.00. The van der Waals surface area contributed by atoms with Gasteiger partial charge in [-0.3, -0.25) is 4.79 Å². The van der Waals surface area contributed by atoms with Gasteiger partial charge in [-0.1, -0.05) is 26.8 Å². The van der Waals surface area contributed by atoms with E-state index in [0.717, 1.165) is 12.3 Å². The zero-order chi connectivity index (χ0) is 15.2. The van der Waals surface area contributed by atoms with Crippen molar-refractivity contribution < 1.29 is 9.36 Å². The lowest BCUT2D eigenvalue weighted by molar-refractivity contribution is -0.699. The third kappa shape index (κ3) is 2.60. The van der Waals surface area contributed by atoms with Gasteiger partial charge in [-0.25, -0.2) is 0 Å². The zero-order valence-corrected chi connectivity index (χ0v) is 13.6. The molecule has 2 N–H and O–H groups in total. The summed E-state index contributed by atoms with van der Waals surface area (Å²) in [6.45, 7) is 7.48. The van der Waals surface area contributed by atoms with Crippen LogP contribution in [0.5, 0.6) is 0 Å². The first kappa shape index (κ1) is 14.6. The second-order valence-corrected chi connectivity index (χ2v) is 7.83. The van der Waals surface area contributed by atoms with E-state index in [1.807, 2.05) is 6.20 Å². The van der Waals surface area contributed by atoms with Crippen LogP contribution in [0.1, 0.15) is 26.5 Å². The van der Waals surface area contributed by atoms with Crippen LogP contribution in [-0.2, 0) is 16.8 Å². The van der Waals surface area contributed by atoms with Crippen LogP contribution in [0.4, 0.5) is 0 Å². The Kier molecular flexibility index (Phi) is 3.58. The van der Waals surface area contributed by atoms with Crippen molar-refractivity contribution in [1.82, 2.24) is 4.90 Å². The van der Waals surface area contributed by atoms with E-state index in [-0.39, 0.29) is 22.7 Å². The number of thioether (sulfide) groups is 1. The highest BCUT2D eigenvalue weighted by Crippen LogP contribution is 2.35. The summed E-state index contributed by atoms with van der Waals surface area (Å²) in [6.07, 6.45) is 4.11. The standard InChI is InChI=1S/C16H22N3OS/c1-16(2,3)12-6-4-5-7-18(12)8-11-9-19-14(20)13(17)15(19)21-10-11/h4-7,9,13,15H,8,10,17H2,1-3H3/q+1/t13-,15-/m1/s1. The smallest absolute Gasteiger partial charge is 0.247 e. The van der Waals surface area contributed by atoms with Gasteiger partial charge < -0.3 is 10.6 Å². The molecule has 0 radical (unpaired) electrons. The minimum absolute atomic E-state index is 0.0406. The molecule has 112 valence electrons. The van der Waals surface area contributed by atoms with Crippen molar-refractivity contribution in [2.24, 2.45) is 5.73 Å². The first-order valence-corrected chi connectivity index (χ1v) is 8.31. The Morgan fingerprint density at radius 3 is 2.90 bits per heavy atom. The summed E-state index contributed by atoms with van der Waals surface area (Å²) < 4.78 is 2.27. The summed E-state index contributed by atoms with van der Waals surface area (Å²) in [4.78, 5) is 13.5. The van der Waals surface area contributed by atoms with Crippen molar-refractivity contribution in [3.63, 3.8) is 0 Å². The lowest BCUT2D eigenvalue weighted by Gasteiger charge is -2.45. The molecule has 0 spiro atoms. The summed E-state index contributed by atoms with van der Waals surface area (Å²) >= 11 is 1.76. The number of aromatic nitrogens is 1. The molecule has 3 heterocycles. The molecule has 1 aromatic heterocycles. The van der Waals surface area contributed by atoms with Crippen molar-refractivity contribution in [3.8, 4) is 0 Å². The van der Waals surface area contributed by atoms with Crippen LogP contribution in [0.15, 0.2) is 36.2 Å². The van der Waals surface area contributed by atoms with Crippen molar-refractivity contribution in [3.05, 3.63) is 41.9 Å². The van der Waals surface area contributed by atoms with Gasteiger partial charge in [-0.15, -0.1) is 11.8 Å². The van der Waals surface area contributed by atoms with Gasteiger partial charge >= 0.3 is 0 Å². The normalized spacial score (nSPS) is 25.2.